The molecule has 0 saturated heterocycles. The fourth-order valence-corrected chi connectivity index (χ4v) is 6.92. The number of anilines is 2. The van der Waals surface area contributed by atoms with E-state index in [4.69, 9.17) is 9.97 Å². The fourth-order valence-electron chi connectivity index (χ4n) is 6.92. The van der Waals surface area contributed by atoms with Gasteiger partial charge in [-0.05, 0) is 110 Å². The Balaban J connectivity index is 1.39. The molecule has 12 heteroatoms. The highest BCUT2D eigenvalue weighted by molar-refractivity contribution is 5.87. The Morgan fingerprint density at radius 1 is 0.796 bits per heavy atom. The third kappa shape index (κ3) is 7.52. The molecule has 49 heavy (non-hydrogen) atoms. The van der Waals surface area contributed by atoms with Gasteiger partial charge in [-0.1, -0.05) is 26.8 Å². The van der Waals surface area contributed by atoms with E-state index in [9.17, 15) is 26.3 Å². The van der Waals surface area contributed by atoms with Gasteiger partial charge in [-0.25, -0.2) is 9.97 Å². The Kier molecular flexibility index (Phi) is 8.37. The summed E-state index contributed by atoms with van der Waals surface area (Å²) in [4.78, 5) is 14.1. The standard InChI is InChI=1S/C37H42F6N6/c1-21-31-32(35(2,3)4)29(34(45-33(31)47-46-21)49(17-22-5-6-22)18-23-7-8-23)20-48(30-12-11-26(16-44-30)25-9-10-25)19-24-13-27(36(38,39)40)15-28(14-24)37(41,42)43/h11-16,22-23,25H,5-10,17-20H2,1-4H3,(H,45,46,47). The number of hydrogen-bond acceptors (Lipinski definition) is 5. The van der Waals surface area contributed by atoms with E-state index in [-0.39, 0.29) is 24.7 Å². The first kappa shape index (κ1) is 33.7. The lowest BCUT2D eigenvalue weighted by molar-refractivity contribution is -0.143. The zero-order valence-electron chi connectivity index (χ0n) is 28.3. The van der Waals surface area contributed by atoms with Crippen molar-refractivity contribution in [2.24, 2.45) is 11.8 Å². The molecule has 0 unspecified atom stereocenters. The number of rotatable bonds is 11. The highest BCUT2D eigenvalue weighted by atomic mass is 19.4. The smallest absolute Gasteiger partial charge is 0.356 e. The van der Waals surface area contributed by atoms with Crippen molar-refractivity contribution in [2.45, 2.75) is 103 Å². The molecule has 0 amide bonds. The number of pyridine rings is 2. The number of aromatic nitrogens is 4. The van der Waals surface area contributed by atoms with Crippen LogP contribution < -0.4 is 9.80 Å². The molecule has 0 radical (unpaired) electrons. The number of benzene rings is 1. The average molecular weight is 685 g/mol. The topological polar surface area (TPSA) is 60.9 Å². The first-order valence-corrected chi connectivity index (χ1v) is 17.2. The maximum Gasteiger partial charge on any atom is 0.416 e. The first-order chi connectivity index (χ1) is 23.0. The maximum absolute atomic E-state index is 14.0. The number of H-pyrrole nitrogens is 1. The molecule has 4 aromatic rings. The summed E-state index contributed by atoms with van der Waals surface area (Å²) in [5.41, 5.74) is 1.26. The van der Waals surface area contributed by atoms with Crippen molar-refractivity contribution in [1.82, 2.24) is 20.2 Å². The summed E-state index contributed by atoms with van der Waals surface area (Å²) in [6.45, 7) is 9.92. The number of hydrogen-bond donors (Lipinski definition) is 1. The zero-order valence-corrected chi connectivity index (χ0v) is 28.3. The van der Waals surface area contributed by atoms with Gasteiger partial charge in [-0.15, -0.1) is 0 Å². The summed E-state index contributed by atoms with van der Waals surface area (Å²) >= 11 is 0. The second kappa shape index (κ2) is 12.2. The van der Waals surface area contributed by atoms with Gasteiger partial charge in [0.25, 0.3) is 0 Å². The second-order valence-corrected chi connectivity index (χ2v) is 15.4. The van der Waals surface area contributed by atoms with E-state index in [0.717, 1.165) is 97.3 Å². The Morgan fingerprint density at radius 3 is 1.90 bits per heavy atom. The molecule has 7 rings (SSSR count). The molecule has 0 bridgehead atoms. The molecule has 3 saturated carbocycles. The van der Waals surface area contributed by atoms with Crippen LogP contribution in [0.5, 0.6) is 0 Å². The Morgan fingerprint density at radius 2 is 1.41 bits per heavy atom. The van der Waals surface area contributed by atoms with Crippen molar-refractivity contribution in [3.63, 3.8) is 0 Å². The van der Waals surface area contributed by atoms with Gasteiger partial charge < -0.3 is 9.80 Å². The van der Waals surface area contributed by atoms with Crippen molar-refractivity contribution in [1.29, 1.82) is 0 Å². The molecule has 3 aliphatic carbocycles. The largest absolute Gasteiger partial charge is 0.416 e. The molecular weight excluding hydrogens is 642 g/mol. The third-order valence-electron chi connectivity index (χ3n) is 9.88. The third-order valence-corrected chi connectivity index (χ3v) is 9.88. The van der Waals surface area contributed by atoms with Gasteiger partial charge in [-0.3, -0.25) is 5.10 Å². The first-order valence-electron chi connectivity index (χ1n) is 17.2. The van der Waals surface area contributed by atoms with Crippen LogP contribution in [0.25, 0.3) is 11.0 Å². The summed E-state index contributed by atoms with van der Waals surface area (Å²) in [6, 6.07) is 5.63. The molecule has 6 nitrogen and oxygen atoms in total. The molecule has 1 N–H and O–H groups in total. The fraction of sp³-hybridized carbons (Fsp3) is 0.541. The highest BCUT2D eigenvalue weighted by Crippen LogP contribution is 2.44. The van der Waals surface area contributed by atoms with E-state index >= 15 is 0 Å². The minimum Gasteiger partial charge on any atom is -0.356 e. The van der Waals surface area contributed by atoms with Crippen LogP contribution in [-0.2, 0) is 30.9 Å². The van der Waals surface area contributed by atoms with Crippen molar-refractivity contribution in [2.75, 3.05) is 22.9 Å². The van der Waals surface area contributed by atoms with Crippen LogP contribution >= 0.6 is 0 Å². The van der Waals surface area contributed by atoms with Gasteiger partial charge in [0.05, 0.1) is 11.1 Å². The Hall–Kier alpha value is -3.83. The molecular formula is C37H42F6N6. The number of alkyl halides is 6. The van der Waals surface area contributed by atoms with Crippen molar-refractivity contribution in [3.8, 4) is 0 Å². The monoisotopic (exact) mass is 684 g/mol. The predicted molar refractivity (Wildman–Crippen MR) is 178 cm³/mol. The Labute approximate surface area is 282 Å². The SMILES string of the molecule is Cc1[nH]nc2nc(N(CC3CC3)CC3CC3)c(CN(Cc3cc(C(F)(F)F)cc(C(F)(F)F)c3)c3ccc(C4CC4)cn3)c(C(C)(C)C)c12. The molecule has 1 aromatic carbocycles. The molecule has 3 aliphatic rings. The van der Waals surface area contributed by atoms with Gasteiger partial charge in [0.1, 0.15) is 11.6 Å². The Bertz CT molecular complexity index is 1780. The highest BCUT2D eigenvalue weighted by Gasteiger charge is 2.38. The molecule has 0 spiro atoms. The van der Waals surface area contributed by atoms with Gasteiger partial charge in [-0.2, -0.15) is 31.4 Å². The maximum atomic E-state index is 14.0. The number of aryl methyl sites for hydroxylation is 1. The molecule has 262 valence electrons. The van der Waals surface area contributed by atoms with E-state index in [1.165, 1.54) is 0 Å². The lowest BCUT2D eigenvalue weighted by Crippen LogP contribution is -2.33. The molecule has 0 atom stereocenters. The summed E-state index contributed by atoms with van der Waals surface area (Å²) in [5.74, 6) is 2.80. The summed E-state index contributed by atoms with van der Waals surface area (Å²) < 4.78 is 83.7. The number of fused-ring (bicyclic) bond motifs is 1. The van der Waals surface area contributed by atoms with E-state index < -0.39 is 28.9 Å². The molecule has 0 aliphatic heterocycles. The predicted octanol–water partition coefficient (Wildman–Crippen LogP) is 9.71. The van der Waals surface area contributed by atoms with Crippen LogP contribution in [0.3, 0.4) is 0 Å². The average Bonchev–Trinajstić information content (AvgIpc) is 3.88. The van der Waals surface area contributed by atoms with E-state index in [0.29, 0.717) is 29.2 Å². The van der Waals surface area contributed by atoms with Crippen LogP contribution in [0.2, 0.25) is 0 Å². The van der Waals surface area contributed by atoms with Crippen molar-refractivity contribution in [3.05, 3.63) is 75.6 Å². The van der Waals surface area contributed by atoms with Crippen molar-refractivity contribution >= 4 is 22.7 Å². The molecule has 3 heterocycles. The lowest BCUT2D eigenvalue weighted by Gasteiger charge is -2.34. The number of nitrogens with one attached hydrogen (secondary N) is 1. The van der Waals surface area contributed by atoms with Gasteiger partial charge in [0, 0.05) is 49.0 Å². The summed E-state index contributed by atoms with van der Waals surface area (Å²) in [7, 11) is 0. The van der Waals surface area contributed by atoms with Crippen molar-refractivity contribution < 1.29 is 26.3 Å². The van der Waals surface area contributed by atoms with E-state index in [2.05, 4.69) is 35.9 Å². The van der Waals surface area contributed by atoms with Crippen LogP contribution in [0.15, 0.2) is 36.5 Å². The van der Waals surface area contributed by atoms with Gasteiger partial charge in [0.15, 0.2) is 5.65 Å². The van der Waals surface area contributed by atoms with Gasteiger partial charge in [0.2, 0.25) is 0 Å². The van der Waals surface area contributed by atoms with E-state index in [1.54, 1.807) is 11.1 Å². The molecule has 3 aromatic heterocycles. The number of aromatic amines is 1. The zero-order chi connectivity index (χ0) is 34.9. The van der Waals surface area contributed by atoms with Crippen LogP contribution in [0, 0.1) is 18.8 Å². The minimum atomic E-state index is -4.95. The lowest BCUT2D eigenvalue weighted by atomic mass is 9.81. The van der Waals surface area contributed by atoms with Gasteiger partial charge >= 0.3 is 12.4 Å². The summed E-state index contributed by atoms with van der Waals surface area (Å²) in [5, 5.41) is 8.56. The van der Waals surface area contributed by atoms with Crippen LogP contribution in [-0.4, -0.2) is 33.3 Å². The van der Waals surface area contributed by atoms with E-state index in [1.807, 2.05) is 19.1 Å². The normalized spacial score (nSPS) is 17.2. The number of halogens is 6. The van der Waals surface area contributed by atoms with Crippen LogP contribution in [0.4, 0.5) is 38.0 Å². The number of nitrogens with zero attached hydrogens (tertiary/aromatic N) is 5. The minimum absolute atomic E-state index is 0.101. The second-order valence-electron chi connectivity index (χ2n) is 15.4. The van der Waals surface area contributed by atoms with Crippen LogP contribution in [0.1, 0.15) is 104 Å². The summed E-state index contributed by atoms with van der Waals surface area (Å²) in [6.07, 6.45) is -1.39. The quantitative estimate of drug-likeness (QED) is 0.160. The molecule has 3 fully saturated rings.